The number of esters is 1. The van der Waals surface area contributed by atoms with Gasteiger partial charge in [-0.1, -0.05) is 6.92 Å². The van der Waals surface area contributed by atoms with Gasteiger partial charge in [-0.05, 0) is 26.1 Å². The van der Waals surface area contributed by atoms with Crippen LogP contribution in [0, 0.1) is 0 Å². The van der Waals surface area contributed by atoms with Gasteiger partial charge in [0.1, 0.15) is 6.61 Å². The van der Waals surface area contributed by atoms with Crippen LogP contribution in [0.4, 0.5) is 0 Å². The molecule has 0 spiro atoms. The Morgan fingerprint density at radius 1 is 0.459 bits per heavy atom. The molecule has 0 aliphatic heterocycles. The lowest BCUT2D eigenvalue weighted by Crippen LogP contribution is -2.27. The molecule has 0 N–H and O–H groups in total. The van der Waals surface area contributed by atoms with Crippen molar-refractivity contribution in [3.8, 4) is 0 Å². The molecule has 0 rings (SSSR count). The van der Waals surface area contributed by atoms with Crippen molar-refractivity contribution in [2.24, 2.45) is 0 Å². The molecule has 0 fully saturated rings. The second kappa shape index (κ2) is 28.3. The van der Waals surface area contributed by atoms with E-state index < -0.39 is 8.32 Å². The zero-order valence-corrected chi connectivity index (χ0v) is 24.6. The van der Waals surface area contributed by atoms with Crippen LogP contribution >= 0.6 is 0 Å². The number of carbonyl (C=O) groups is 1. The third-order valence-corrected chi connectivity index (χ3v) is 5.38. The van der Waals surface area contributed by atoms with Crippen LogP contribution in [0.1, 0.15) is 19.8 Å². The van der Waals surface area contributed by atoms with Crippen LogP contribution in [-0.2, 0) is 51.9 Å². The van der Waals surface area contributed by atoms with Gasteiger partial charge in [0.05, 0.1) is 112 Å². The van der Waals surface area contributed by atoms with Crippen LogP contribution in [0.15, 0.2) is 0 Å². The number of rotatable bonds is 30. The average molecular weight is 557 g/mol. The zero-order chi connectivity index (χ0) is 27.3. The largest absolute Gasteiger partial charge is 0.463 e. The van der Waals surface area contributed by atoms with E-state index in [1.807, 2.05) is 6.92 Å². The molecular formula is C25H52O11Si. The second-order valence-corrected chi connectivity index (χ2v) is 13.3. The first-order valence-electron chi connectivity index (χ1n) is 13.4. The predicted octanol–water partition coefficient (Wildman–Crippen LogP) is 2.31. The lowest BCUT2D eigenvalue weighted by atomic mass is 10.3. The second-order valence-electron chi connectivity index (χ2n) is 8.83. The molecule has 0 amide bonds. The van der Waals surface area contributed by atoms with Gasteiger partial charge in [-0.3, -0.25) is 4.79 Å². The average Bonchev–Trinajstić information content (AvgIpc) is 2.85. The summed E-state index contributed by atoms with van der Waals surface area (Å²) in [6.45, 7) is 17.5. The van der Waals surface area contributed by atoms with Crippen LogP contribution in [0.5, 0.6) is 0 Å². The van der Waals surface area contributed by atoms with Gasteiger partial charge < -0.3 is 47.1 Å². The Labute approximate surface area is 224 Å². The van der Waals surface area contributed by atoms with Crippen molar-refractivity contribution in [1.29, 1.82) is 0 Å². The Kier molecular flexibility index (Phi) is 27.8. The fourth-order valence-electron chi connectivity index (χ4n) is 2.54. The van der Waals surface area contributed by atoms with Crippen LogP contribution in [0.2, 0.25) is 19.6 Å². The molecule has 222 valence electrons. The van der Waals surface area contributed by atoms with Gasteiger partial charge in [0, 0.05) is 6.42 Å². The van der Waals surface area contributed by atoms with Gasteiger partial charge in [-0.15, -0.1) is 0 Å². The van der Waals surface area contributed by atoms with E-state index in [1.54, 1.807) is 0 Å². The van der Waals surface area contributed by atoms with Crippen molar-refractivity contribution in [3.63, 3.8) is 0 Å². The SMILES string of the molecule is CCCC(=O)OCCOCCOCCOCCOCCOCCOCCOCCOCCO[Si](C)(C)C. The normalized spacial score (nSPS) is 11.8. The molecule has 0 heterocycles. The van der Waals surface area contributed by atoms with E-state index in [9.17, 15) is 4.79 Å². The van der Waals surface area contributed by atoms with Crippen molar-refractivity contribution in [3.05, 3.63) is 0 Å². The molecule has 0 unspecified atom stereocenters. The first kappa shape index (κ1) is 36.3. The first-order valence-corrected chi connectivity index (χ1v) is 16.8. The summed E-state index contributed by atoms with van der Waals surface area (Å²) in [6.07, 6.45) is 1.24. The minimum absolute atomic E-state index is 0.184. The molecule has 0 aromatic carbocycles. The van der Waals surface area contributed by atoms with E-state index in [0.29, 0.717) is 119 Å². The Bertz CT molecular complexity index is 478. The molecule has 0 bridgehead atoms. The molecule has 0 aliphatic rings. The summed E-state index contributed by atoms with van der Waals surface area (Å²) in [5.74, 6) is -0.184. The standard InChI is InChI=1S/C25H52O11Si/c1-5-6-25(26)35-23-21-33-19-17-31-15-13-29-11-9-27-7-8-28-10-12-30-14-16-32-18-20-34-22-24-36-37(2,3)4/h5-24H2,1-4H3. The molecule has 11 nitrogen and oxygen atoms in total. The smallest absolute Gasteiger partial charge is 0.305 e. The Morgan fingerprint density at radius 3 is 1.00 bits per heavy atom. The molecule has 12 heteroatoms. The van der Waals surface area contributed by atoms with E-state index in [1.165, 1.54) is 0 Å². The monoisotopic (exact) mass is 556 g/mol. The minimum Gasteiger partial charge on any atom is -0.463 e. The first-order chi connectivity index (χ1) is 18.0. The highest BCUT2D eigenvalue weighted by molar-refractivity contribution is 6.69. The van der Waals surface area contributed by atoms with E-state index in [2.05, 4.69) is 19.6 Å². The molecule has 37 heavy (non-hydrogen) atoms. The predicted molar refractivity (Wildman–Crippen MR) is 142 cm³/mol. The summed E-state index contributed by atoms with van der Waals surface area (Å²) in [4.78, 5) is 11.2. The minimum atomic E-state index is -1.45. The van der Waals surface area contributed by atoms with Crippen LogP contribution in [-0.4, -0.2) is 133 Å². The van der Waals surface area contributed by atoms with Gasteiger partial charge in [0.2, 0.25) is 0 Å². The third-order valence-electron chi connectivity index (χ3n) is 4.31. The summed E-state index contributed by atoms with van der Waals surface area (Å²) in [6, 6.07) is 0. The number of carbonyl (C=O) groups excluding carboxylic acids is 1. The molecule has 0 aliphatic carbocycles. The Hall–Kier alpha value is -0.673. The van der Waals surface area contributed by atoms with Crippen molar-refractivity contribution in [2.45, 2.75) is 39.4 Å². The summed E-state index contributed by atoms with van der Waals surface area (Å²) in [5.41, 5.74) is 0. The number of hydrogen-bond donors (Lipinski definition) is 0. The molecular weight excluding hydrogens is 504 g/mol. The maximum Gasteiger partial charge on any atom is 0.305 e. The molecule has 0 atom stereocenters. The van der Waals surface area contributed by atoms with Gasteiger partial charge in [-0.2, -0.15) is 0 Å². The van der Waals surface area contributed by atoms with Crippen LogP contribution < -0.4 is 0 Å². The van der Waals surface area contributed by atoms with E-state index in [-0.39, 0.29) is 12.6 Å². The van der Waals surface area contributed by atoms with Gasteiger partial charge in [0.25, 0.3) is 0 Å². The highest BCUT2D eigenvalue weighted by Crippen LogP contribution is 2.01. The molecule has 0 radical (unpaired) electrons. The lowest BCUT2D eigenvalue weighted by molar-refractivity contribution is -0.145. The summed E-state index contributed by atoms with van der Waals surface area (Å²) < 4.78 is 54.1. The highest BCUT2D eigenvalue weighted by atomic mass is 28.4. The quantitative estimate of drug-likeness (QED) is 0.0738. The van der Waals surface area contributed by atoms with E-state index in [0.717, 1.165) is 6.42 Å². The third kappa shape index (κ3) is 33.3. The fourth-order valence-corrected chi connectivity index (χ4v) is 3.23. The summed E-state index contributed by atoms with van der Waals surface area (Å²) in [5, 5.41) is 0. The molecule has 0 saturated heterocycles. The van der Waals surface area contributed by atoms with Gasteiger partial charge in [-0.25, -0.2) is 0 Å². The van der Waals surface area contributed by atoms with Crippen molar-refractivity contribution in [1.82, 2.24) is 0 Å². The van der Waals surface area contributed by atoms with Crippen molar-refractivity contribution in [2.75, 3.05) is 119 Å². The highest BCUT2D eigenvalue weighted by Gasteiger charge is 2.13. The maximum absolute atomic E-state index is 11.2. The molecule has 0 aromatic rings. The number of ether oxygens (including phenoxy) is 9. The summed E-state index contributed by atoms with van der Waals surface area (Å²) in [7, 11) is -1.45. The Balaban J connectivity index is 3.07. The molecule has 0 aromatic heterocycles. The van der Waals surface area contributed by atoms with E-state index >= 15 is 0 Å². The molecule has 0 saturated carbocycles. The lowest BCUT2D eigenvalue weighted by Gasteiger charge is -2.16. The van der Waals surface area contributed by atoms with Crippen LogP contribution in [0.25, 0.3) is 0 Å². The van der Waals surface area contributed by atoms with Gasteiger partial charge in [0.15, 0.2) is 8.32 Å². The van der Waals surface area contributed by atoms with Crippen molar-refractivity contribution < 1.29 is 51.9 Å². The van der Waals surface area contributed by atoms with Crippen LogP contribution in [0.3, 0.4) is 0 Å². The summed E-state index contributed by atoms with van der Waals surface area (Å²) >= 11 is 0. The van der Waals surface area contributed by atoms with Crippen molar-refractivity contribution >= 4 is 14.3 Å². The number of hydrogen-bond acceptors (Lipinski definition) is 11. The zero-order valence-electron chi connectivity index (χ0n) is 23.6. The topological polar surface area (TPSA) is 109 Å². The van der Waals surface area contributed by atoms with Gasteiger partial charge >= 0.3 is 5.97 Å². The van der Waals surface area contributed by atoms with E-state index in [4.69, 9.17) is 47.1 Å². The maximum atomic E-state index is 11.2. The Morgan fingerprint density at radius 2 is 0.730 bits per heavy atom. The fraction of sp³-hybridized carbons (Fsp3) is 0.960.